The van der Waals surface area contributed by atoms with E-state index < -0.39 is 4.92 Å². The van der Waals surface area contributed by atoms with Crippen molar-refractivity contribution in [3.63, 3.8) is 0 Å². The number of rotatable bonds is 6. The second-order valence-corrected chi connectivity index (χ2v) is 5.27. The highest BCUT2D eigenvalue weighted by atomic mass is 79.9. The Kier molecular flexibility index (Phi) is 4.53. The maximum atomic E-state index is 11.6. The summed E-state index contributed by atoms with van der Waals surface area (Å²) < 4.78 is 5.44. The monoisotopic (exact) mass is 343 g/mol. The minimum absolute atomic E-state index is 0.0903. The van der Waals surface area contributed by atoms with E-state index in [0.29, 0.717) is 16.9 Å². The standard InChI is InChI=1S/C12H14BrN3O4/c1-2-20-11(17)7-15(8-3-4-8)12-10(13)5-9(6-14-12)16(18)19/h5-6,8H,2-4,7H2,1H3. The molecule has 1 aliphatic rings. The van der Waals surface area contributed by atoms with E-state index in [1.165, 1.54) is 12.3 Å². The molecule has 0 unspecified atom stereocenters. The van der Waals surface area contributed by atoms with Gasteiger partial charge in [0.15, 0.2) is 0 Å². The highest BCUT2D eigenvalue weighted by Crippen LogP contribution is 2.35. The first-order valence-corrected chi connectivity index (χ1v) is 7.04. The van der Waals surface area contributed by atoms with Gasteiger partial charge in [0, 0.05) is 12.1 Å². The summed E-state index contributed by atoms with van der Waals surface area (Å²) >= 11 is 3.28. The zero-order valence-electron chi connectivity index (χ0n) is 10.9. The smallest absolute Gasteiger partial charge is 0.325 e. The first-order chi connectivity index (χ1) is 9.52. The highest BCUT2D eigenvalue weighted by Gasteiger charge is 2.33. The van der Waals surface area contributed by atoms with Gasteiger partial charge in [0.2, 0.25) is 0 Å². The molecule has 1 aromatic rings. The molecule has 0 spiro atoms. The number of halogens is 1. The fraction of sp³-hybridized carbons (Fsp3) is 0.500. The van der Waals surface area contributed by atoms with Crippen LogP contribution >= 0.6 is 15.9 Å². The van der Waals surface area contributed by atoms with Gasteiger partial charge in [-0.1, -0.05) is 0 Å². The first-order valence-electron chi connectivity index (χ1n) is 6.25. The molecule has 20 heavy (non-hydrogen) atoms. The van der Waals surface area contributed by atoms with E-state index in [-0.39, 0.29) is 24.2 Å². The van der Waals surface area contributed by atoms with Crippen LogP contribution in [0.5, 0.6) is 0 Å². The van der Waals surface area contributed by atoms with Crippen LogP contribution in [0, 0.1) is 10.1 Å². The molecule has 8 heteroatoms. The van der Waals surface area contributed by atoms with Crippen LogP contribution in [0.3, 0.4) is 0 Å². The van der Waals surface area contributed by atoms with Crippen molar-refractivity contribution in [1.82, 2.24) is 4.98 Å². The third-order valence-electron chi connectivity index (χ3n) is 2.88. The van der Waals surface area contributed by atoms with Gasteiger partial charge < -0.3 is 9.64 Å². The van der Waals surface area contributed by atoms with Crippen molar-refractivity contribution in [3.05, 3.63) is 26.9 Å². The number of ether oxygens (including phenoxy) is 1. The van der Waals surface area contributed by atoms with Crippen molar-refractivity contribution in [2.45, 2.75) is 25.8 Å². The van der Waals surface area contributed by atoms with Crippen LogP contribution in [0.4, 0.5) is 11.5 Å². The minimum atomic E-state index is -0.506. The molecule has 0 amide bonds. The van der Waals surface area contributed by atoms with Gasteiger partial charge >= 0.3 is 5.97 Å². The predicted octanol–water partition coefficient (Wildman–Crippen LogP) is 2.28. The molecule has 0 atom stereocenters. The second-order valence-electron chi connectivity index (χ2n) is 4.42. The van der Waals surface area contributed by atoms with Crippen LogP contribution in [0.25, 0.3) is 0 Å². The van der Waals surface area contributed by atoms with E-state index in [0.717, 1.165) is 12.8 Å². The summed E-state index contributed by atoms with van der Waals surface area (Å²) in [7, 11) is 0. The molecule has 0 aromatic carbocycles. The van der Waals surface area contributed by atoms with Crippen molar-refractivity contribution in [2.75, 3.05) is 18.1 Å². The molecular formula is C12H14BrN3O4. The van der Waals surface area contributed by atoms with Crippen molar-refractivity contribution >= 4 is 33.4 Å². The number of carbonyl (C=O) groups is 1. The van der Waals surface area contributed by atoms with Gasteiger partial charge in [-0.25, -0.2) is 4.98 Å². The van der Waals surface area contributed by atoms with E-state index in [2.05, 4.69) is 20.9 Å². The van der Waals surface area contributed by atoms with Gasteiger partial charge in [-0.3, -0.25) is 14.9 Å². The summed E-state index contributed by atoms with van der Waals surface area (Å²) in [6.45, 7) is 2.17. The molecule has 1 aromatic heterocycles. The number of anilines is 1. The van der Waals surface area contributed by atoms with Crippen molar-refractivity contribution in [2.24, 2.45) is 0 Å². The summed E-state index contributed by atoms with van der Waals surface area (Å²) in [6, 6.07) is 1.63. The Morgan fingerprint density at radius 3 is 2.85 bits per heavy atom. The molecule has 1 saturated carbocycles. The molecule has 0 N–H and O–H groups in total. The molecule has 1 heterocycles. The summed E-state index contributed by atoms with van der Waals surface area (Å²) in [4.78, 5) is 27.8. The van der Waals surface area contributed by atoms with Crippen LogP contribution in [0.15, 0.2) is 16.7 Å². The first kappa shape index (κ1) is 14.7. The Morgan fingerprint density at radius 1 is 1.65 bits per heavy atom. The van der Waals surface area contributed by atoms with Gasteiger partial charge in [0.25, 0.3) is 5.69 Å². The van der Waals surface area contributed by atoms with Crippen LogP contribution in [0.1, 0.15) is 19.8 Å². The highest BCUT2D eigenvalue weighted by molar-refractivity contribution is 9.10. The lowest BCUT2D eigenvalue weighted by Crippen LogP contribution is -2.33. The topological polar surface area (TPSA) is 85.6 Å². The number of nitro groups is 1. The van der Waals surface area contributed by atoms with Crippen LogP contribution in [0.2, 0.25) is 0 Å². The average Bonchev–Trinajstić information content (AvgIpc) is 3.20. The third kappa shape index (κ3) is 3.44. The molecule has 0 bridgehead atoms. The lowest BCUT2D eigenvalue weighted by molar-refractivity contribution is -0.385. The molecule has 2 rings (SSSR count). The summed E-state index contributed by atoms with van der Waals surface area (Å²) in [5.41, 5.74) is -0.0903. The number of hydrogen-bond donors (Lipinski definition) is 0. The van der Waals surface area contributed by atoms with E-state index in [4.69, 9.17) is 4.74 Å². The number of pyridine rings is 1. The Balaban J connectivity index is 2.21. The van der Waals surface area contributed by atoms with Gasteiger partial charge in [0.1, 0.15) is 18.6 Å². The van der Waals surface area contributed by atoms with Gasteiger partial charge in [0.05, 0.1) is 16.0 Å². The summed E-state index contributed by atoms with van der Waals surface area (Å²) in [6.07, 6.45) is 3.15. The number of carbonyl (C=O) groups excluding carboxylic acids is 1. The number of hydrogen-bond acceptors (Lipinski definition) is 6. The molecule has 108 valence electrons. The van der Waals surface area contributed by atoms with E-state index in [1.54, 1.807) is 6.92 Å². The zero-order valence-corrected chi connectivity index (χ0v) is 12.5. The second kappa shape index (κ2) is 6.17. The quantitative estimate of drug-likeness (QED) is 0.447. The van der Waals surface area contributed by atoms with Gasteiger partial charge in [-0.05, 0) is 35.7 Å². The van der Waals surface area contributed by atoms with Crippen LogP contribution in [-0.4, -0.2) is 35.1 Å². The molecule has 7 nitrogen and oxygen atoms in total. The average molecular weight is 344 g/mol. The van der Waals surface area contributed by atoms with Crippen molar-refractivity contribution in [3.8, 4) is 0 Å². The normalized spacial score (nSPS) is 13.9. The van der Waals surface area contributed by atoms with Gasteiger partial charge in [-0.15, -0.1) is 0 Å². The van der Waals surface area contributed by atoms with Crippen LogP contribution < -0.4 is 4.90 Å². The number of nitrogens with zero attached hydrogens (tertiary/aromatic N) is 3. The Morgan fingerprint density at radius 2 is 2.35 bits per heavy atom. The van der Waals surface area contributed by atoms with Crippen LogP contribution in [-0.2, 0) is 9.53 Å². The van der Waals surface area contributed by atoms with E-state index >= 15 is 0 Å². The van der Waals surface area contributed by atoms with Crippen molar-refractivity contribution < 1.29 is 14.5 Å². The molecule has 0 saturated heterocycles. The van der Waals surface area contributed by atoms with Gasteiger partial charge in [-0.2, -0.15) is 0 Å². The molecule has 0 aliphatic heterocycles. The largest absolute Gasteiger partial charge is 0.465 e. The molecule has 0 radical (unpaired) electrons. The summed E-state index contributed by atoms with van der Waals surface area (Å²) in [5, 5.41) is 10.7. The Bertz CT molecular complexity index is 533. The third-order valence-corrected chi connectivity index (χ3v) is 3.47. The maximum absolute atomic E-state index is 11.6. The summed E-state index contributed by atoms with van der Waals surface area (Å²) in [5.74, 6) is 0.206. The lowest BCUT2D eigenvalue weighted by atomic mass is 10.3. The van der Waals surface area contributed by atoms with E-state index in [1.807, 2.05) is 4.90 Å². The fourth-order valence-corrected chi connectivity index (χ4v) is 2.41. The fourth-order valence-electron chi connectivity index (χ4n) is 1.84. The lowest BCUT2D eigenvalue weighted by Gasteiger charge is -2.23. The molecule has 1 aliphatic carbocycles. The van der Waals surface area contributed by atoms with E-state index in [9.17, 15) is 14.9 Å². The molecule has 1 fully saturated rings. The maximum Gasteiger partial charge on any atom is 0.325 e. The SMILES string of the molecule is CCOC(=O)CN(c1ncc([N+](=O)[O-])cc1Br)C1CC1. The Hall–Kier alpha value is -1.70. The number of esters is 1. The number of aromatic nitrogens is 1. The zero-order chi connectivity index (χ0) is 14.7. The molecular weight excluding hydrogens is 330 g/mol. The van der Waals surface area contributed by atoms with Crippen molar-refractivity contribution in [1.29, 1.82) is 0 Å². The minimum Gasteiger partial charge on any atom is -0.465 e. The Labute approximate surface area is 124 Å². The predicted molar refractivity (Wildman–Crippen MR) is 75.6 cm³/mol.